The van der Waals surface area contributed by atoms with E-state index in [0.29, 0.717) is 19.0 Å². The molecule has 8 nitrogen and oxygen atoms in total. The van der Waals surface area contributed by atoms with Gasteiger partial charge in [-0.3, -0.25) is 9.69 Å². The van der Waals surface area contributed by atoms with Crippen molar-refractivity contribution < 1.29 is 22.7 Å². The van der Waals surface area contributed by atoms with Gasteiger partial charge in [-0.1, -0.05) is 0 Å². The number of nitrogens with zero attached hydrogens (tertiary/aromatic N) is 4. The number of aromatic nitrogens is 1. The molecule has 2 N–H and O–H groups in total. The zero-order valence-corrected chi connectivity index (χ0v) is 20.9. The number of ether oxygens (including phenoxy) is 1. The predicted octanol–water partition coefficient (Wildman–Crippen LogP) is 2.20. The van der Waals surface area contributed by atoms with Crippen LogP contribution in [-0.4, -0.2) is 86.1 Å². The van der Waals surface area contributed by atoms with E-state index in [1.165, 1.54) is 12.3 Å². The van der Waals surface area contributed by atoms with E-state index < -0.39 is 17.6 Å². The summed E-state index contributed by atoms with van der Waals surface area (Å²) in [6.45, 7) is 4.77. The molecular weight excluding hydrogens is 540 g/mol. The molecule has 1 aromatic rings. The molecule has 0 aliphatic carbocycles. The standard InChI is InChI=1S/C20H31F3N6O2.HI/c1-4-24-19(27-15-7-11-29(12-8-15)14-17(30)28(2)3)26-10-13-31-18-16(20(21,22)23)6-5-9-25-18;/h5-6,9,15H,4,7-8,10-14H2,1-3H3,(H2,24,26,27);1H. The number of pyridine rings is 1. The van der Waals surface area contributed by atoms with E-state index in [4.69, 9.17) is 4.74 Å². The largest absolute Gasteiger partial charge is 0.475 e. The summed E-state index contributed by atoms with van der Waals surface area (Å²) in [5.41, 5.74) is -0.900. The van der Waals surface area contributed by atoms with E-state index in [2.05, 4.69) is 25.5 Å². The van der Waals surface area contributed by atoms with Crippen LogP contribution < -0.4 is 15.4 Å². The highest BCUT2D eigenvalue weighted by Crippen LogP contribution is 2.34. The molecule has 1 aromatic heterocycles. The molecule has 32 heavy (non-hydrogen) atoms. The molecule has 2 rings (SSSR count). The summed E-state index contributed by atoms with van der Waals surface area (Å²) in [6, 6.07) is 2.37. The van der Waals surface area contributed by atoms with Crippen LogP contribution in [0, 0.1) is 0 Å². The normalized spacial score (nSPS) is 15.6. The molecule has 1 aliphatic heterocycles. The first-order chi connectivity index (χ1) is 14.7. The number of rotatable bonds is 8. The number of likely N-dealkylation sites (N-methyl/N-ethyl adjacent to an activating group) is 1. The Bertz CT molecular complexity index is 740. The van der Waals surface area contributed by atoms with Gasteiger partial charge in [0.25, 0.3) is 0 Å². The van der Waals surface area contributed by atoms with Crippen LogP contribution in [-0.2, 0) is 11.0 Å². The van der Waals surface area contributed by atoms with E-state index in [9.17, 15) is 18.0 Å². The molecule has 0 unspecified atom stereocenters. The topological polar surface area (TPSA) is 82.1 Å². The lowest BCUT2D eigenvalue weighted by molar-refractivity contribution is -0.139. The summed E-state index contributed by atoms with van der Waals surface area (Å²) in [6.07, 6.45) is -1.53. The van der Waals surface area contributed by atoms with Crippen LogP contribution in [0.1, 0.15) is 25.3 Å². The maximum absolute atomic E-state index is 13.0. The van der Waals surface area contributed by atoms with E-state index >= 15 is 0 Å². The Morgan fingerprint density at radius 2 is 2.03 bits per heavy atom. The van der Waals surface area contributed by atoms with Crippen LogP contribution in [0.4, 0.5) is 13.2 Å². The van der Waals surface area contributed by atoms with Crippen molar-refractivity contribution in [2.24, 2.45) is 4.99 Å². The van der Waals surface area contributed by atoms with E-state index in [1.54, 1.807) is 19.0 Å². The Kier molecular flexibility index (Phi) is 12.0. The van der Waals surface area contributed by atoms with Crippen LogP contribution in [0.25, 0.3) is 0 Å². The molecule has 12 heteroatoms. The Morgan fingerprint density at radius 3 is 2.62 bits per heavy atom. The zero-order chi connectivity index (χ0) is 22.9. The number of nitrogens with one attached hydrogen (secondary N) is 2. The molecule has 1 aliphatic rings. The predicted molar refractivity (Wildman–Crippen MR) is 127 cm³/mol. The minimum absolute atomic E-state index is 0. The Morgan fingerprint density at radius 1 is 1.34 bits per heavy atom. The Balaban J connectivity index is 0.00000512. The van der Waals surface area contributed by atoms with E-state index in [0.717, 1.165) is 32.0 Å². The number of hydrogen-bond acceptors (Lipinski definition) is 5. The highest BCUT2D eigenvalue weighted by molar-refractivity contribution is 14.0. The van der Waals surface area contributed by atoms with Crippen molar-refractivity contribution >= 4 is 35.8 Å². The molecule has 0 aromatic carbocycles. The molecule has 0 saturated carbocycles. The average molecular weight is 572 g/mol. The monoisotopic (exact) mass is 572 g/mol. The zero-order valence-electron chi connectivity index (χ0n) is 18.6. The molecule has 1 saturated heterocycles. The van der Waals surface area contributed by atoms with Crippen molar-refractivity contribution in [3.05, 3.63) is 23.9 Å². The van der Waals surface area contributed by atoms with Crippen LogP contribution in [0.5, 0.6) is 5.88 Å². The molecule has 1 amide bonds. The van der Waals surface area contributed by atoms with Gasteiger partial charge in [-0.2, -0.15) is 13.2 Å². The van der Waals surface area contributed by atoms with Crippen LogP contribution in [0.15, 0.2) is 23.3 Å². The third-order valence-corrected chi connectivity index (χ3v) is 4.81. The molecule has 0 atom stereocenters. The van der Waals surface area contributed by atoms with Crippen LogP contribution >= 0.6 is 24.0 Å². The van der Waals surface area contributed by atoms with Gasteiger partial charge in [0.05, 0.1) is 13.1 Å². The highest BCUT2D eigenvalue weighted by atomic mass is 127. The number of amides is 1. The van der Waals surface area contributed by atoms with Gasteiger partial charge in [0, 0.05) is 46.0 Å². The van der Waals surface area contributed by atoms with Gasteiger partial charge in [-0.05, 0) is 31.9 Å². The molecule has 0 spiro atoms. The average Bonchev–Trinajstić information content (AvgIpc) is 2.72. The first-order valence-corrected chi connectivity index (χ1v) is 10.3. The van der Waals surface area contributed by atoms with Crippen molar-refractivity contribution in [3.8, 4) is 5.88 Å². The van der Waals surface area contributed by atoms with Gasteiger partial charge < -0.3 is 20.3 Å². The van der Waals surface area contributed by atoms with Crippen molar-refractivity contribution in [1.29, 1.82) is 0 Å². The number of likely N-dealkylation sites (tertiary alicyclic amines) is 1. The smallest absolute Gasteiger partial charge is 0.421 e. The Hall–Kier alpha value is -1.83. The molecular formula is C20H32F3IN6O2. The summed E-state index contributed by atoms with van der Waals surface area (Å²) in [5, 5.41) is 6.49. The maximum Gasteiger partial charge on any atom is 0.421 e. The summed E-state index contributed by atoms with van der Waals surface area (Å²) < 4.78 is 44.2. The van der Waals surface area contributed by atoms with Crippen molar-refractivity contribution in [3.63, 3.8) is 0 Å². The summed E-state index contributed by atoms with van der Waals surface area (Å²) in [5.74, 6) is 0.233. The summed E-state index contributed by atoms with van der Waals surface area (Å²) >= 11 is 0. The van der Waals surface area contributed by atoms with Gasteiger partial charge in [0.15, 0.2) is 5.96 Å². The van der Waals surface area contributed by atoms with Crippen molar-refractivity contribution in [2.75, 3.05) is 53.4 Å². The van der Waals surface area contributed by atoms with Gasteiger partial charge >= 0.3 is 6.18 Å². The maximum atomic E-state index is 13.0. The van der Waals surface area contributed by atoms with Crippen molar-refractivity contribution in [2.45, 2.75) is 32.0 Å². The van der Waals surface area contributed by atoms with Gasteiger partial charge in [0.1, 0.15) is 12.2 Å². The summed E-state index contributed by atoms with van der Waals surface area (Å²) in [4.78, 5) is 23.6. The first kappa shape index (κ1) is 28.2. The number of guanidine groups is 1. The van der Waals surface area contributed by atoms with Gasteiger partial charge in [-0.25, -0.2) is 9.98 Å². The number of piperidine rings is 1. The number of carbonyl (C=O) groups is 1. The molecule has 182 valence electrons. The Labute approximate surface area is 204 Å². The van der Waals surface area contributed by atoms with Crippen LogP contribution in [0.2, 0.25) is 0 Å². The number of halogens is 4. The second-order valence-electron chi connectivity index (χ2n) is 7.45. The number of alkyl halides is 3. The second-order valence-corrected chi connectivity index (χ2v) is 7.45. The van der Waals surface area contributed by atoms with Gasteiger partial charge in [-0.15, -0.1) is 24.0 Å². The van der Waals surface area contributed by atoms with E-state index in [-0.39, 0.29) is 49.1 Å². The SMILES string of the molecule is CCNC(=NCCOc1ncccc1C(F)(F)F)NC1CCN(CC(=O)N(C)C)CC1.I. The van der Waals surface area contributed by atoms with Gasteiger partial charge in [0.2, 0.25) is 11.8 Å². The fourth-order valence-corrected chi connectivity index (χ4v) is 3.10. The lowest BCUT2D eigenvalue weighted by Gasteiger charge is -2.33. The molecule has 0 bridgehead atoms. The van der Waals surface area contributed by atoms with E-state index in [1.807, 2.05) is 6.92 Å². The fraction of sp³-hybridized carbons (Fsp3) is 0.650. The third-order valence-electron chi connectivity index (χ3n) is 4.81. The van der Waals surface area contributed by atoms with Crippen LogP contribution in [0.3, 0.4) is 0 Å². The highest BCUT2D eigenvalue weighted by Gasteiger charge is 2.35. The fourth-order valence-electron chi connectivity index (χ4n) is 3.10. The molecule has 1 fully saturated rings. The summed E-state index contributed by atoms with van der Waals surface area (Å²) in [7, 11) is 3.49. The lowest BCUT2D eigenvalue weighted by Crippen LogP contribution is -2.50. The first-order valence-electron chi connectivity index (χ1n) is 10.3. The molecule has 2 heterocycles. The lowest BCUT2D eigenvalue weighted by atomic mass is 10.1. The second kappa shape index (κ2) is 13.7. The quantitative estimate of drug-likeness (QED) is 0.215. The van der Waals surface area contributed by atoms with Crippen molar-refractivity contribution in [1.82, 2.24) is 25.4 Å². The minimum Gasteiger partial charge on any atom is -0.475 e. The molecule has 0 radical (unpaired) electrons. The number of carbonyl (C=O) groups excluding carboxylic acids is 1. The minimum atomic E-state index is -4.52. The third kappa shape index (κ3) is 9.35. The number of aliphatic imine (C=N–C) groups is 1. The number of hydrogen-bond donors (Lipinski definition) is 2.